The largest absolute Gasteiger partial charge is 0.542 e. The van der Waals surface area contributed by atoms with Crippen molar-refractivity contribution >= 4 is 51.9 Å². The van der Waals surface area contributed by atoms with Crippen LogP contribution >= 0.6 is 11.6 Å². The predicted molar refractivity (Wildman–Crippen MR) is 165 cm³/mol. The third-order valence-electron chi connectivity index (χ3n) is 6.31. The van der Waals surface area contributed by atoms with Crippen LogP contribution in [-0.4, -0.2) is 66.9 Å². The van der Waals surface area contributed by atoms with Crippen molar-refractivity contribution in [3.05, 3.63) is 100 Å². The molecule has 17 heteroatoms. The molecule has 1 heterocycles. The second kappa shape index (κ2) is 15.7. The van der Waals surface area contributed by atoms with Gasteiger partial charge in [0, 0.05) is 34.6 Å². The lowest BCUT2D eigenvalue weighted by Crippen LogP contribution is -2.37. The van der Waals surface area contributed by atoms with Crippen LogP contribution in [-0.2, 0) is 22.7 Å². The summed E-state index contributed by atoms with van der Waals surface area (Å²) in [4.78, 5) is 30.9. The molecule has 0 bridgehead atoms. The highest BCUT2D eigenvalue weighted by Crippen LogP contribution is 2.25. The van der Waals surface area contributed by atoms with Crippen molar-refractivity contribution in [1.82, 2.24) is 14.4 Å². The monoisotopic (exact) mass is 701 g/mol. The van der Waals surface area contributed by atoms with Gasteiger partial charge in [-0.15, -0.1) is 0 Å². The molecule has 0 aliphatic rings. The van der Waals surface area contributed by atoms with E-state index in [1.54, 1.807) is 6.07 Å². The van der Waals surface area contributed by atoms with Gasteiger partial charge in [0.1, 0.15) is 23.2 Å². The van der Waals surface area contributed by atoms with Gasteiger partial charge in [-0.3, -0.25) is 14.7 Å². The number of amides is 1. The van der Waals surface area contributed by atoms with E-state index >= 15 is 0 Å². The number of nitrogens with one attached hydrogen (secondary N) is 2. The van der Waals surface area contributed by atoms with Crippen LogP contribution in [0.15, 0.2) is 72.8 Å². The summed E-state index contributed by atoms with van der Waals surface area (Å²) in [6, 6.07) is 23.2. The zero-order valence-electron chi connectivity index (χ0n) is 25.5. The maximum absolute atomic E-state index is 13.3. The minimum Gasteiger partial charge on any atom is -0.542 e. The number of carbonyl (C=O) groups is 3. The number of hydrogen-bond acceptors (Lipinski definition) is 5. The SMILES string of the molecule is C[N+](C)(C)c1ccc(CNC(=O)c2cc3cc(Cl)ccc3n2Cc2cccc(C(=N)N)c2)cc1.O=C(O)C(F)(F)F.O=C([O-])C(F)(F)F. The van der Waals surface area contributed by atoms with Crippen LogP contribution < -0.4 is 20.6 Å². The summed E-state index contributed by atoms with van der Waals surface area (Å²) in [5.74, 6) is -5.91. The molecule has 3 aromatic carbocycles. The lowest BCUT2D eigenvalue weighted by Gasteiger charge is -2.23. The first-order valence-electron chi connectivity index (χ1n) is 13.5. The molecule has 0 spiro atoms. The van der Waals surface area contributed by atoms with E-state index in [1.165, 1.54) is 5.69 Å². The molecule has 0 fully saturated rings. The van der Waals surface area contributed by atoms with Gasteiger partial charge in [0.2, 0.25) is 0 Å². The summed E-state index contributed by atoms with van der Waals surface area (Å²) in [6.45, 7) is 0.894. The Balaban J connectivity index is 0.000000479. The molecular weight excluding hydrogens is 672 g/mol. The number of nitrogen functional groups attached to an aromatic ring is 1. The smallest absolute Gasteiger partial charge is 0.490 e. The number of benzene rings is 3. The molecule has 258 valence electrons. The number of halogens is 7. The Hall–Kier alpha value is -5.09. The van der Waals surface area contributed by atoms with Crippen molar-refractivity contribution in [2.45, 2.75) is 25.4 Å². The number of hydrogen-bond donors (Lipinski definition) is 4. The molecule has 10 nitrogen and oxygen atoms in total. The van der Waals surface area contributed by atoms with E-state index in [4.69, 9.17) is 42.5 Å². The Labute approximate surface area is 275 Å². The van der Waals surface area contributed by atoms with E-state index in [-0.39, 0.29) is 11.7 Å². The second-order valence-electron chi connectivity index (χ2n) is 10.9. The highest BCUT2D eigenvalue weighted by atomic mass is 35.5. The summed E-state index contributed by atoms with van der Waals surface area (Å²) < 4.78 is 66.0. The van der Waals surface area contributed by atoms with Gasteiger partial charge in [-0.25, -0.2) is 4.79 Å². The van der Waals surface area contributed by atoms with Crippen molar-refractivity contribution in [3.8, 4) is 0 Å². The van der Waals surface area contributed by atoms with Crippen molar-refractivity contribution < 1.29 is 50.9 Å². The number of aromatic nitrogens is 1. The molecule has 1 aromatic heterocycles. The first-order valence-corrected chi connectivity index (χ1v) is 13.9. The molecule has 0 radical (unpaired) electrons. The highest BCUT2D eigenvalue weighted by molar-refractivity contribution is 6.31. The van der Waals surface area contributed by atoms with E-state index in [0.29, 0.717) is 29.4 Å². The lowest BCUT2D eigenvalue weighted by atomic mass is 10.1. The van der Waals surface area contributed by atoms with Crippen LogP contribution in [0.1, 0.15) is 27.2 Å². The number of carboxylic acids is 2. The Morgan fingerprint density at radius 3 is 1.96 bits per heavy atom. The first-order chi connectivity index (χ1) is 22.0. The summed E-state index contributed by atoms with van der Waals surface area (Å²) >= 11 is 6.21. The standard InChI is InChI=1S/C27H28ClN5O.2C2HF3O2/c1-33(2,3)23-10-7-18(8-11-23)16-31-27(34)25-15-21-14-22(28)9-12-24(21)32(25)17-19-5-4-6-20(13-19)26(29)30;2*3-2(4,5)1(6)7/h4-15H,16-17H2,1-3H3,(H3-,29,30,31,34);2*(H,6,7). The summed E-state index contributed by atoms with van der Waals surface area (Å²) in [5, 5.41) is 28.2. The number of carboxylic acid groups (broad SMARTS) is 2. The number of quaternary nitrogens is 1. The van der Waals surface area contributed by atoms with Gasteiger partial charge in [-0.2, -0.15) is 26.3 Å². The van der Waals surface area contributed by atoms with Crippen LogP contribution in [0.5, 0.6) is 0 Å². The zero-order chi connectivity index (χ0) is 36.6. The van der Waals surface area contributed by atoms with Gasteiger partial charge in [0.05, 0.1) is 21.1 Å². The van der Waals surface area contributed by atoms with Crippen LogP contribution in [0, 0.1) is 5.41 Å². The van der Waals surface area contributed by atoms with Gasteiger partial charge in [0.15, 0.2) is 0 Å². The summed E-state index contributed by atoms with van der Waals surface area (Å²) in [6.07, 6.45) is -10.3. The van der Waals surface area contributed by atoms with E-state index in [1.807, 2.05) is 59.2 Å². The van der Waals surface area contributed by atoms with E-state index in [2.05, 4.69) is 38.6 Å². The van der Waals surface area contributed by atoms with E-state index in [9.17, 15) is 31.1 Å². The third kappa shape index (κ3) is 11.6. The topological polar surface area (TPSA) is 161 Å². The molecule has 4 aromatic rings. The van der Waals surface area contributed by atoms with Gasteiger partial charge in [0.25, 0.3) is 5.91 Å². The zero-order valence-corrected chi connectivity index (χ0v) is 26.3. The fraction of sp³-hybridized carbons (Fsp3) is 0.226. The van der Waals surface area contributed by atoms with Crippen molar-refractivity contribution in [2.75, 3.05) is 21.1 Å². The molecule has 0 unspecified atom stereocenters. The summed E-state index contributed by atoms with van der Waals surface area (Å²) in [5.41, 5.74) is 11.0. The van der Waals surface area contributed by atoms with Crippen LogP contribution in [0.2, 0.25) is 5.02 Å². The molecular formula is C31H30ClF6N5O5. The molecule has 1 amide bonds. The third-order valence-corrected chi connectivity index (χ3v) is 6.55. The van der Waals surface area contributed by atoms with Gasteiger partial charge >= 0.3 is 18.3 Å². The minimum atomic E-state index is -5.19. The fourth-order valence-electron chi connectivity index (χ4n) is 3.95. The van der Waals surface area contributed by atoms with E-state index < -0.39 is 24.3 Å². The van der Waals surface area contributed by atoms with Crippen molar-refractivity contribution in [2.24, 2.45) is 5.73 Å². The number of rotatable bonds is 7. The van der Waals surface area contributed by atoms with E-state index in [0.717, 1.165) is 26.5 Å². The summed E-state index contributed by atoms with van der Waals surface area (Å²) in [7, 11) is 6.36. The molecule has 48 heavy (non-hydrogen) atoms. The highest BCUT2D eigenvalue weighted by Gasteiger charge is 2.38. The number of amidine groups is 1. The molecule has 0 saturated carbocycles. The number of nitrogens with zero attached hydrogens (tertiary/aromatic N) is 2. The van der Waals surface area contributed by atoms with Gasteiger partial charge < -0.3 is 30.6 Å². The Bertz CT molecular complexity index is 1760. The van der Waals surface area contributed by atoms with Gasteiger partial charge in [-0.05, 0) is 53.6 Å². The number of aliphatic carboxylic acids is 2. The Morgan fingerprint density at radius 1 is 0.917 bits per heavy atom. The van der Waals surface area contributed by atoms with Crippen molar-refractivity contribution in [1.29, 1.82) is 5.41 Å². The molecule has 0 aliphatic heterocycles. The molecule has 0 atom stereocenters. The number of nitrogens with two attached hydrogens (primary N) is 1. The molecule has 4 rings (SSSR count). The molecule has 0 aliphatic carbocycles. The fourth-order valence-corrected chi connectivity index (χ4v) is 4.13. The second-order valence-corrected chi connectivity index (χ2v) is 11.3. The molecule has 0 saturated heterocycles. The average Bonchev–Trinajstić information content (AvgIpc) is 3.32. The van der Waals surface area contributed by atoms with Crippen molar-refractivity contribution in [3.63, 3.8) is 0 Å². The average molecular weight is 702 g/mol. The minimum absolute atomic E-state index is 0.0141. The first kappa shape index (κ1) is 39.1. The maximum atomic E-state index is 13.3. The number of alkyl halides is 6. The van der Waals surface area contributed by atoms with Crippen LogP contribution in [0.4, 0.5) is 32.0 Å². The van der Waals surface area contributed by atoms with Gasteiger partial charge in [-0.1, -0.05) is 41.9 Å². The maximum Gasteiger partial charge on any atom is 0.490 e. The van der Waals surface area contributed by atoms with Crippen LogP contribution in [0.25, 0.3) is 10.9 Å². The normalized spacial score (nSPS) is 11.5. The Morgan fingerprint density at radius 2 is 1.48 bits per heavy atom. The number of carbonyl (C=O) groups excluding carboxylic acids is 2. The molecule has 5 N–H and O–H groups in total. The lowest BCUT2D eigenvalue weighted by molar-refractivity contribution is -0.344. The predicted octanol–water partition coefficient (Wildman–Crippen LogP) is 4.69. The van der Waals surface area contributed by atoms with Crippen LogP contribution in [0.3, 0.4) is 0 Å². The Kier molecular flexibility index (Phi) is 12.8. The quantitative estimate of drug-likeness (QED) is 0.0947. The number of fused-ring (bicyclic) bond motifs is 1.